The first-order valence-corrected chi connectivity index (χ1v) is 5.74. The molecule has 0 saturated carbocycles. The molecule has 1 aromatic carbocycles. The second kappa shape index (κ2) is 4.63. The lowest BCUT2D eigenvalue weighted by molar-refractivity contribution is 0.470. The van der Waals surface area contributed by atoms with Gasteiger partial charge in [-0.25, -0.2) is 0 Å². The molecule has 1 unspecified atom stereocenters. The van der Waals surface area contributed by atoms with Gasteiger partial charge in [-0.1, -0.05) is 36.4 Å². The Morgan fingerprint density at radius 3 is 2.53 bits per heavy atom. The molecule has 1 aliphatic rings. The van der Waals surface area contributed by atoms with Crippen LogP contribution in [-0.4, -0.2) is 6.04 Å². The lowest BCUT2D eigenvalue weighted by Crippen LogP contribution is -2.29. The van der Waals surface area contributed by atoms with Crippen LogP contribution in [0, 0.1) is 6.92 Å². The van der Waals surface area contributed by atoms with Crippen LogP contribution in [0.4, 0.5) is 0 Å². The topological polar surface area (TPSA) is 12.0 Å². The van der Waals surface area contributed by atoms with Crippen LogP contribution in [0.15, 0.2) is 36.4 Å². The Labute approximate surface area is 92.2 Å². The van der Waals surface area contributed by atoms with Crippen molar-refractivity contribution in [2.45, 2.75) is 38.8 Å². The van der Waals surface area contributed by atoms with E-state index in [1.54, 1.807) is 0 Å². The van der Waals surface area contributed by atoms with E-state index in [9.17, 15) is 0 Å². The molecule has 0 aliphatic heterocycles. The van der Waals surface area contributed by atoms with Gasteiger partial charge in [-0.2, -0.15) is 0 Å². The van der Waals surface area contributed by atoms with E-state index < -0.39 is 0 Å². The van der Waals surface area contributed by atoms with Crippen LogP contribution < -0.4 is 5.32 Å². The van der Waals surface area contributed by atoms with E-state index in [2.05, 4.69) is 55.6 Å². The second-order valence-corrected chi connectivity index (χ2v) is 4.38. The highest BCUT2D eigenvalue weighted by Gasteiger charge is 2.14. The van der Waals surface area contributed by atoms with E-state index in [0.717, 1.165) is 0 Å². The number of hydrogen-bond acceptors (Lipinski definition) is 1. The average Bonchev–Trinajstić information content (AvgIpc) is 2.71. The van der Waals surface area contributed by atoms with Gasteiger partial charge in [-0.15, -0.1) is 0 Å². The van der Waals surface area contributed by atoms with Crippen molar-refractivity contribution < 1.29 is 0 Å². The monoisotopic (exact) mass is 201 g/mol. The smallest absolute Gasteiger partial charge is 0.0297 e. The summed E-state index contributed by atoms with van der Waals surface area (Å²) in [5, 5.41) is 3.67. The van der Waals surface area contributed by atoms with Crippen molar-refractivity contribution in [3.05, 3.63) is 47.5 Å². The Balaban J connectivity index is 2.01. The van der Waals surface area contributed by atoms with Crippen LogP contribution >= 0.6 is 0 Å². The Hall–Kier alpha value is -1.08. The molecule has 0 spiro atoms. The lowest BCUT2D eigenvalue weighted by atomic mass is 10.0. The Morgan fingerprint density at radius 2 is 1.87 bits per heavy atom. The number of hydrogen-bond donors (Lipinski definition) is 1. The van der Waals surface area contributed by atoms with Crippen LogP contribution in [0.5, 0.6) is 0 Å². The van der Waals surface area contributed by atoms with E-state index >= 15 is 0 Å². The molecule has 1 heteroatoms. The summed E-state index contributed by atoms with van der Waals surface area (Å²) in [4.78, 5) is 0. The molecular formula is C14H19N. The fraction of sp³-hybridized carbons (Fsp3) is 0.429. The third kappa shape index (κ3) is 2.48. The molecule has 15 heavy (non-hydrogen) atoms. The van der Waals surface area contributed by atoms with E-state index in [1.165, 1.54) is 24.0 Å². The van der Waals surface area contributed by atoms with Crippen molar-refractivity contribution in [2.24, 2.45) is 0 Å². The van der Waals surface area contributed by atoms with Crippen molar-refractivity contribution in [3.8, 4) is 0 Å². The van der Waals surface area contributed by atoms with Crippen molar-refractivity contribution in [3.63, 3.8) is 0 Å². The molecule has 0 bridgehead atoms. The van der Waals surface area contributed by atoms with Gasteiger partial charge in [0, 0.05) is 12.1 Å². The van der Waals surface area contributed by atoms with Crippen LogP contribution in [0.1, 0.15) is 36.9 Å². The maximum atomic E-state index is 3.67. The largest absolute Gasteiger partial charge is 0.307 e. The minimum absolute atomic E-state index is 0.455. The Morgan fingerprint density at radius 1 is 1.20 bits per heavy atom. The van der Waals surface area contributed by atoms with Gasteiger partial charge in [-0.05, 0) is 37.8 Å². The highest BCUT2D eigenvalue weighted by molar-refractivity contribution is 5.28. The van der Waals surface area contributed by atoms with E-state index in [4.69, 9.17) is 0 Å². The van der Waals surface area contributed by atoms with Crippen molar-refractivity contribution >= 4 is 0 Å². The number of benzene rings is 1. The first-order chi connectivity index (χ1) is 7.27. The minimum atomic E-state index is 0.455. The average molecular weight is 201 g/mol. The van der Waals surface area contributed by atoms with Gasteiger partial charge in [-0.3, -0.25) is 0 Å². The van der Waals surface area contributed by atoms with E-state index in [-0.39, 0.29) is 0 Å². The summed E-state index contributed by atoms with van der Waals surface area (Å²) >= 11 is 0. The van der Waals surface area contributed by atoms with Gasteiger partial charge in [0.1, 0.15) is 0 Å². The SMILES string of the molecule is Cc1ccccc1C(C)NC1CC=CC1. The summed E-state index contributed by atoms with van der Waals surface area (Å²) in [7, 11) is 0. The molecular weight excluding hydrogens is 182 g/mol. The van der Waals surface area contributed by atoms with Gasteiger partial charge in [0.25, 0.3) is 0 Å². The van der Waals surface area contributed by atoms with Crippen molar-refractivity contribution in [1.29, 1.82) is 0 Å². The van der Waals surface area contributed by atoms with Crippen molar-refractivity contribution in [1.82, 2.24) is 5.32 Å². The second-order valence-electron chi connectivity index (χ2n) is 4.38. The Kier molecular flexibility index (Phi) is 3.22. The minimum Gasteiger partial charge on any atom is -0.307 e. The molecule has 2 rings (SSSR count). The maximum Gasteiger partial charge on any atom is 0.0297 e. The molecule has 0 amide bonds. The molecule has 0 saturated heterocycles. The summed E-state index contributed by atoms with van der Waals surface area (Å²) in [5.74, 6) is 0. The van der Waals surface area contributed by atoms with Crippen LogP contribution in [0.2, 0.25) is 0 Å². The summed E-state index contributed by atoms with van der Waals surface area (Å²) in [6.07, 6.45) is 6.89. The molecule has 1 aromatic rings. The summed E-state index contributed by atoms with van der Waals surface area (Å²) in [5.41, 5.74) is 2.80. The van der Waals surface area contributed by atoms with Crippen LogP contribution in [0.25, 0.3) is 0 Å². The van der Waals surface area contributed by atoms with Gasteiger partial charge in [0.05, 0.1) is 0 Å². The lowest BCUT2D eigenvalue weighted by Gasteiger charge is -2.21. The number of rotatable bonds is 3. The molecule has 0 aromatic heterocycles. The molecule has 1 aliphatic carbocycles. The highest BCUT2D eigenvalue weighted by atomic mass is 14.9. The fourth-order valence-electron chi connectivity index (χ4n) is 2.27. The van der Waals surface area contributed by atoms with Gasteiger partial charge in [0.2, 0.25) is 0 Å². The zero-order valence-electron chi connectivity index (χ0n) is 9.53. The summed E-state index contributed by atoms with van der Waals surface area (Å²) < 4.78 is 0. The van der Waals surface area contributed by atoms with Crippen LogP contribution in [0.3, 0.4) is 0 Å². The third-order valence-electron chi connectivity index (χ3n) is 3.15. The quantitative estimate of drug-likeness (QED) is 0.739. The zero-order chi connectivity index (χ0) is 10.7. The molecule has 1 N–H and O–H groups in total. The van der Waals surface area contributed by atoms with E-state index in [0.29, 0.717) is 12.1 Å². The Bertz CT molecular complexity index is 346. The maximum absolute atomic E-state index is 3.67. The van der Waals surface area contributed by atoms with Gasteiger partial charge >= 0.3 is 0 Å². The molecule has 0 fully saturated rings. The van der Waals surface area contributed by atoms with E-state index in [1.807, 2.05) is 0 Å². The number of nitrogens with one attached hydrogen (secondary N) is 1. The fourth-order valence-corrected chi connectivity index (χ4v) is 2.27. The predicted octanol–water partition coefficient (Wildman–Crippen LogP) is 3.36. The van der Waals surface area contributed by atoms with Gasteiger partial charge in [0.15, 0.2) is 0 Å². The summed E-state index contributed by atoms with van der Waals surface area (Å²) in [6, 6.07) is 9.71. The molecule has 0 heterocycles. The highest BCUT2D eigenvalue weighted by Crippen LogP contribution is 2.20. The molecule has 0 radical (unpaired) electrons. The molecule has 80 valence electrons. The first-order valence-electron chi connectivity index (χ1n) is 5.74. The standard InChI is InChI=1S/C14H19N/c1-11-7-3-6-10-14(11)12(2)15-13-8-4-5-9-13/h3-7,10,12-13,15H,8-9H2,1-2H3. The summed E-state index contributed by atoms with van der Waals surface area (Å²) in [6.45, 7) is 4.43. The molecule has 1 nitrogen and oxygen atoms in total. The predicted molar refractivity (Wildman–Crippen MR) is 64.9 cm³/mol. The van der Waals surface area contributed by atoms with Crippen molar-refractivity contribution in [2.75, 3.05) is 0 Å². The van der Waals surface area contributed by atoms with Gasteiger partial charge < -0.3 is 5.32 Å². The zero-order valence-corrected chi connectivity index (χ0v) is 9.53. The normalized spacial score (nSPS) is 18.3. The number of aryl methyl sites for hydroxylation is 1. The van der Waals surface area contributed by atoms with Crippen LogP contribution in [-0.2, 0) is 0 Å². The third-order valence-corrected chi connectivity index (χ3v) is 3.15. The molecule has 1 atom stereocenters. The first kappa shape index (κ1) is 10.4.